The van der Waals surface area contributed by atoms with Crippen molar-refractivity contribution in [3.63, 3.8) is 0 Å². The molecule has 0 spiro atoms. The summed E-state index contributed by atoms with van der Waals surface area (Å²) in [6.07, 6.45) is 61.9. The maximum atomic E-state index is 12.8. The third-order valence-corrected chi connectivity index (χ3v) is 14.6. The summed E-state index contributed by atoms with van der Waals surface area (Å²) in [4.78, 5) is 58.1. The number of carbonyl (C=O) groups is 3. The summed E-state index contributed by atoms with van der Waals surface area (Å²) in [7, 11) is -9.77. The van der Waals surface area contributed by atoms with Crippen LogP contribution in [0.15, 0.2) is 97.2 Å². The van der Waals surface area contributed by atoms with Crippen LogP contribution >= 0.6 is 15.6 Å². The zero-order valence-electron chi connectivity index (χ0n) is 51.3. The number of allylic oxidation sites excluding steroid dienone is 16. The first-order valence-corrected chi connectivity index (χ1v) is 34.5. The summed E-state index contributed by atoms with van der Waals surface area (Å²) in [5, 5.41) is 20.5. The lowest BCUT2D eigenvalue weighted by Gasteiger charge is -2.21. The monoisotopic (exact) mass is 1210 g/mol. The van der Waals surface area contributed by atoms with E-state index in [0.29, 0.717) is 19.3 Å². The Morgan fingerprint density at radius 2 is 0.663 bits per heavy atom. The van der Waals surface area contributed by atoms with Gasteiger partial charge >= 0.3 is 33.6 Å². The van der Waals surface area contributed by atoms with Gasteiger partial charge in [0.05, 0.1) is 26.4 Å². The van der Waals surface area contributed by atoms with Gasteiger partial charge in [-0.3, -0.25) is 32.5 Å². The molecule has 0 aromatic heterocycles. The third-order valence-electron chi connectivity index (χ3n) is 12.7. The molecule has 0 aromatic rings. The lowest BCUT2D eigenvalue weighted by Crippen LogP contribution is -2.30. The van der Waals surface area contributed by atoms with Gasteiger partial charge in [-0.25, -0.2) is 9.13 Å². The van der Waals surface area contributed by atoms with Crippen LogP contribution in [-0.2, 0) is 55.8 Å². The number of phosphoric ester groups is 2. The molecule has 5 unspecified atom stereocenters. The smallest absolute Gasteiger partial charge is 0.463 e. The molecule has 4 N–H and O–H groups in total. The second-order valence-corrected chi connectivity index (χ2v) is 23.7. The van der Waals surface area contributed by atoms with Gasteiger partial charge in [-0.2, -0.15) is 0 Å². The summed E-state index contributed by atoms with van der Waals surface area (Å²) in [5.41, 5.74) is 0. The van der Waals surface area contributed by atoms with E-state index in [4.69, 9.17) is 32.3 Å². The Morgan fingerprint density at radius 3 is 1.07 bits per heavy atom. The lowest BCUT2D eigenvalue weighted by atomic mass is 10.1. The largest absolute Gasteiger partial charge is 0.472 e. The predicted molar refractivity (Wildman–Crippen MR) is 334 cm³/mol. The van der Waals surface area contributed by atoms with Crippen molar-refractivity contribution in [3.05, 3.63) is 97.2 Å². The maximum Gasteiger partial charge on any atom is 0.472 e. The van der Waals surface area contributed by atoms with Crippen molar-refractivity contribution in [1.29, 1.82) is 0 Å². The number of esters is 3. The molecule has 18 heteroatoms. The van der Waals surface area contributed by atoms with Crippen LogP contribution in [0.5, 0.6) is 0 Å². The van der Waals surface area contributed by atoms with Gasteiger partial charge in [0.25, 0.3) is 0 Å². The Morgan fingerprint density at radius 1 is 0.349 bits per heavy atom. The normalized spacial score (nSPS) is 15.0. The van der Waals surface area contributed by atoms with Crippen molar-refractivity contribution >= 4 is 33.6 Å². The number of aliphatic hydroxyl groups is 2. The van der Waals surface area contributed by atoms with E-state index in [2.05, 4.69) is 118 Å². The van der Waals surface area contributed by atoms with Crippen molar-refractivity contribution in [2.75, 3.05) is 39.6 Å². The zero-order valence-corrected chi connectivity index (χ0v) is 53.1. The Bertz CT molecular complexity index is 1910. The Kier molecular flexibility index (Phi) is 56.3. The highest BCUT2D eigenvalue weighted by Crippen LogP contribution is 2.45. The van der Waals surface area contributed by atoms with E-state index in [0.717, 1.165) is 154 Å². The molecule has 478 valence electrons. The van der Waals surface area contributed by atoms with Crippen LogP contribution in [0.2, 0.25) is 0 Å². The number of unbranched alkanes of at least 4 members (excludes halogenated alkanes) is 20. The fourth-order valence-corrected chi connectivity index (χ4v) is 9.51. The second-order valence-electron chi connectivity index (χ2n) is 20.8. The quantitative estimate of drug-likeness (QED) is 0.0146. The molecule has 83 heavy (non-hydrogen) atoms. The van der Waals surface area contributed by atoms with Gasteiger partial charge < -0.3 is 34.2 Å². The van der Waals surface area contributed by atoms with E-state index in [1.54, 1.807) is 0 Å². The molecule has 0 rings (SSSR count). The van der Waals surface area contributed by atoms with Gasteiger partial charge in [0, 0.05) is 19.3 Å². The summed E-state index contributed by atoms with van der Waals surface area (Å²) in [6, 6.07) is 0. The minimum atomic E-state index is -4.92. The molecule has 0 saturated carbocycles. The van der Waals surface area contributed by atoms with E-state index in [1.165, 1.54) is 25.7 Å². The second kappa shape index (κ2) is 58.8. The first kappa shape index (κ1) is 79.5. The first-order chi connectivity index (χ1) is 40.2. The van der Waals surface area contributed by atoms with Crippen LogP contribution in [-0.4, -0.2) is 95.9 Å². The van der Waals surface area contributed by atoms with E-state index in [1.807, 2.05) is 0 Å². The molecule has 0 aliphatic heterocycles. The van der Waals surface area contributed by atoms with Crippen molar-refractivity contribution in [1.82, 2.24) is 0 Å². The summed E-state index contributed by atoms with van der Waals surface area (Å²) in [5.74, 6) is -1.62. The van der Waals surface area contributed by atoms with E-state index >= 15 is 0 Å². The molecule has 0 fully saturated rings. The Balaban J connectivity index is 4.63. The molecule has 0 bridgehead atoms. The molecule has 0 aliphatic rings. The zero-order chi connectivity index (χ0) is 61.0. The van der Waals surface area contributed by atoms with Crippen LogP contribution in [0.1, 0.15) is 239 Å². The Hall–Kier alpha value is -3.53. The summed E-state index contributed by atoms with van der Waals surface area (Å²) < 4.78 is 60.6. The standard InChI is InChI=1S/C65H112O16P2/c1-4-7-10-13-16-19-22-25-26-27-28-29-30-31-32-35-37-39-42-45-48-51-63(68)75-54-60(66)55-77-82(71,72)78-56-61(67)57-79-83(73,74)80-59-62(81-65(70)53-50-47-44-41-38-34-24-21-18-15-12-9-6-3)58-76-64(69)52-49-46-43-40-36-33-23-20-17-14-11-8-5-2/h7,10-11,14,16,19-21,23-26,28-29,31-32,60-62,66-67H,4-6,8-9,12-13,15,17-18,22,27,30,33-59H2,1-3H3,(H,71,72)(H,73,74)/b10-7-,14-11-,19-16-,23-20-,24-21-,26-25-,29-28-,32-31-. The number of hydrogen-bond donors (Lipinski definition) is 4. The van der Waals surface area contributed by atoms with Crippen molar-refractivity contribution in [3.8, 4) is 0 Å². The van der Waals surface area contributed by atoms with E-state index in [9.17, 15) is 43.5 Å². The van der Waals surface area contributed by atoms with Gasteiger partial charge in [0.1, 0.15) is 25.4 Å². The first-order valence-electron chi connectivity index (χ1n) is 31.5. The molecule has 5 atom stereocenters. The van der Waals surface area contributed by atoms with E-state index in [-0.39, 0.29) is 19.3 Å². The molecule has 0 radical (unpaired) electrons. The van der Waals surface area contributed by atoms with Crippen molar-refractivity contribution in [2.24, 2.45) is 0 Å². The molecule has 0 heterocycles. The fourth-order valence-electron chi connectivity index (χ4n) is 7.92. The highest BCUT2D eigenvalue weighted by molar-refractivity contribution is 7.47. The molecule has 0 saturated heterocycles. The fraction of sp³-hybridized carbons (Fsp3) is 0.708. The van der Waals surface area contributed by atoms with Crippen LogP contribution in [0.3, 0.4) is 0 Å². The van der Waals surface area contributed by atoms with Gasteiger partial charge in [-0.05, 0) is 116 Å². The molecule has 0 amide bonds. The highest BCUT2D eigenvalue weighted by Gasteiger charge is 2.29. The number of carbonyl (C=O) groups excluding carboxylic acids is 3. The predicted octanol–water partition coefficient (Wildman–Crippen LogP) is 16.7. The average Bonchev–Trinajstić information content (AvgIpc) is 3.47. The number of rotatable bonds is 59. The number of ether oxygens (including phenoxy) is 3. The maximum absolute atomic E-state index is 12.8. The minimum absolute atomic E-state index is 0.0905. The van der Waals surface area contributed by atoms with Crippen LogP contribution in [0, 0.1) is 0 Å². The molecule has 0 aliphatic carbocycles. The molecule has 16 nitrogen and oxygen atoms in total. The number of phosphoric acid groups is 2. The van der Waals surface area contributed by atoms with E-state index < -0.39 is 91.5 Å². The third kappa shape index (κ3) is 60.0. The summed E-state index contributed by atoms with van der Waals surface area (Å²) in [6.45, 7) is 2.40. The van der Waals surface area contributed by atoms with Gasteiger partial charge in [0.2, 0.25) is 0 Å². The van der Waals surface area contributed by atoms with Crippen molar-refractivity contribution < 1.29 is 75.8 Å². The molecular weight excluding hydrogens is 1100 g/mol. The van der Waals surface area contributed by atoms with Crippen LogP contribution in [0.4, 0.5) is 0 Å². The van der Waals surface area contributed by atoms with Crippen LogP contribution in [0.25, 0.3) is 0 Å². The molecule has 0 aromatic carbocycles. The Labute approximate surface area is 501 Å². The minimum Gasteiger partial charge on any atom is -0.463 e. The summed E-state index contributed by atoms with van der Waals surface area (Å²) >= 11 is 0. The lowest BCUT2D eigenvalue weighted by molar-refractivity contribution is -0.161. The van der Waals surface area contributed by atoms with Crippen LogP contribution < -0.4 is 0 Å². The van der Waals surface area contributed by atoms with Gasteiger partial charge in [-0.1, -0.05) is 201 Å². The highest BCUT2D eigenvalue weighted by atomic mass is 31.2. The van der Waals surface area contributed by atoms with Gasteiger partial charge in [0.15, 0.2) is 6.10 Å². The number of hydrogen-bond acceptors (Lipinski definition) is 14. The topological polar surface area (TPSA) is 231 Å². The number of aliphatic hydroxyl groups excluding tert-OH is 2. The van der Waals surface area contributed by atoms with Crippen molar-refractivity contribution in [2.45, 2.75) is 257 Å². The SMILES string of the molecule is CC/C=C\C/C=C\C/C=C\C/C=C\C/C=C\CCCCCCCC(=O)OCC(O)COP(=O)(O)OCC(O)COP(=O)(O)OCC(COC(=O)CCCCCCC/C=C\C/C=C\CCC)OC(=O)CCCCCCC/C=C\CCCCCC. The average molecular weight is 1210 g/mol. The van der Waals surface area contributed by atoms with Gasteiger partial charge in [-0.15, -0.1) is 0 Å². The molecular formula is C65H112O16P2.